The first-order chi connectivity index (χ1) is 11.0. The number of hydrogen-bond acceptors (Lipinski definition) is 5. The van der Waals surface area contributed by atoms with E-state index in [1.807, 2.05) is 0 Å². The van der Waals surface area contributed by atoms with Crippen LogP contribution in [0.2, 0.25) is 0 Å². The van der Waals surface area contributed by atoms with Gasteiger partial charge in [0.15, 0.2) is 0 Å². The van der Waals surface area contributed by atoms with Crippen molar-refractivity contribution in [2.75, 3.05) is 7.11 Å². The molecule has 0 aromatic carbocycles. The number of carbonyl (C=O) groups excluding carboxylic acids is 1. The van der Waals surface area contributed by atoms with Crippen molar-refractivity contribution in [3.63, 3.8) is 0 Å². The zero-order valence-electron chi connectivity index (χ0n) is 14.5. The fourth-order valence-corrected chi connectivity index (χ4v) is 3.46. The Bertz CT molecular complexity index is 420. The summed E-state index contributed by atoms with van der Waals surface area (Å²) in [6.07, 6.45) is 5.76. The molecular formula is C18H30O5. The largest absolute Gasteiger partial charge is 0.462 e. The standard InChI is InChI=1S/C18H30O5/c1-4-5-13-10-15(21-3)9-12(2)8-14-6-7-16(19)17(22-14)11-18(20)23-13/h8,13-17,19H,4-7,9-11H2,1-3H3/b12-8-/t13-,14-,15-,16+,17-/m0/s1. The minimum absolute atomic E-state index is 0.0417. The van der Waals surface area contributed by atoms with Crippen LogP contribution in [0.1, 0.15) is 58.8 Å². The van der Waals surface area contributed by atoms with E-state index in [1.165, 1.54) is 5.57 Å². The molecule has 1 fully saturated rings. The minimum Gasteiger partial charge on any atom is -0.462 e. The molecule has 0 aliphatic carbocycles. The van der Waals surface area contributed by atoms with E-state index in [0.29, 0.717) is 12.8 Å². The minimum atomic E-state index is -0.591. The van der Waals surface area contributed by atoms with E-state index in [1.54, 1.807) is 7.11 Å². The van der Waals surface area contributed by atoms with Crippen LogP contribution in [0.3, 0.4) is 0 Å². The number of esters is 1. The molecule has 1 saturated heterocycles. The van der Waals surface area contributed by atoms with E-state index in [-0.39, 0.29) is 30.7 Å². The summed E-state index contributed by atoms with van der Waals surface area (Å²) in [6, 6.07) is 0. The van der Waals surface area contributed by atoms with Crippen LogP contribution in [-0.4, -0.2) is 48.7 Å². The average molecular weight is 326 g/mol. The Morgan fingerprint density at radius 2 is 2.13 bits per heavy atom. The molecule has 0 amide bonds. The quantitative estimate of drug-likeness (QED) is 0.638. The molecule has 5 atom stereocenters. The number of cyclic esters (lactones) is 1. The second kappa shape index (κ2) is 8.81. The molecular weight excluding hydrogens is 296 g/mol. The van der Waals surface area contributed by atoms with Gasteiger partial charge in [0.25, 0.3) is 0 Å². The number of ether oxygens (including phenoxy) is 3. The molecule has 0 unspecified atom stereocenters. The van der Waals surface area contributed by atoms with Gasteiger partial charge in [-0.25, -0.2) is 0 Å². The maximum atomic E-state index is 12.2. The Labute approximate surface area is 139 Å². The molecule has 23 heavy (non-hydrogen) atoms. The van der Waals surface area contributed by atoms with Crippen LogP contribution in [0.15, 0.2) is 11.6 Å². The number of carbonyl (C=O) groups is 1. The number of hydrogen-bond donors (Lipinski definition) is 1. The van der Waals surface area contributed by atoms with Gasteiger partial charge in [0.1, 0.15) is 6.10 Å². The maximum Gasteiger partial charge on any atom is 0.308 e. The van der Waals surface area contributed by atoms with Gasteiger partial charge in [0.05, 0.1) is 30.8 Å². The molecule has 5 heteroatoms. The van der Waals surface area contributed by atoms with Gasteiger partial charge >= 0.3 is 5.97 Å². The molecule has 2 rings (SSSR count). The highest BCUT2D eigenvalue weighted by molar-refractivity contribution is 5.70. The molecule has 0 aromatic rings. The molecule has 1 N–H and O–H groups in total. The summed E-state index contributed by atoms with van der Waals surface area (Å²) in [5.74, 6) is -0.288. The summed E-state index contributed by atoms with van der Waals surface area (Å²) >= 11 is 0. The van der Waals surface area contributed by atoms with Crippen LogP contribution < -0.4 is 0 Å². The number of methoxy groups -OCH3 is 1. The summed E-state index contributed by atoms with van der Waals surface area (Å²) in [6.45, 7) is 4.16. The second-order valence-corrected chi connectivity index (χ2v) is 6.77. The van der Waals surface area contributed by atoms with Crippen LogP contribution in [0.4, 0.5) is 0 Å². The SMILES string of the molecule is CCC[C@H]1C[C@@H](OC)C/C(C)=C\[C@@H]2CC[C@@H](O)[C@H](CC(=O)O1)O2. The van der Waals surface area contributed by atoms with Crippen molar-refractivity contribution in [2.24, 2.45) is 0 Å². The summed E-state index contributed by atoms with van der Waals surface area (Å²) in [5, 5.41) is 10.1. The van der Waals surface area contributed by atoms with Crippen molar-refractivity contribution in [2.45, 2.75) is 89.3 Å². The molecule has 2 heterocycles. The van der Waals surface area contributed by atoms with Crippen molar-refractivity contribution < 1.29 is 24.1 Å². The van der Waals surface area contributed by atoms with Crippen LogP contribution >= 0.6 is 0 Å². The van der Waals surface area contributed by atoms with E-state index >= 15 is 0 Å². The van der Waals surface area contributed by atoms with Crippen molar-refractivity contribution in [3.8, 4) is 0 Å². The predicted molar refractivity (Wildman–Crippen MR) is 87.1 cm³/mol. The van der Waals surface area contributed by atoms with Gasteiger partial charge in [-0.15, -0.1) is 0 Å². The lowest BCUT2D eigenvalue weighted by Gasteiger charge is -2.34. The molecule has 0 radical (unpaired) electrons. The lowest BCUT2D eigenvalue weighted by atomic mass is 9.95. The molecule has 2 aliphatic rings. The van der Waals surface area contributed by atoms with Gasteiger partial charge in [-0.2, -0.15) is 0 Å². The third-order valence-electron chi connectivity index (χ3n) is 4.68. The third-order valence-corrected chi connectivity index (χ3v) is 4.68. The molecule has 2 bridgehead atoms. The summed E-state index contributed by atoms with van der Waals surface area (Å²) in [4.78, 5) is 12.2. The molecule has 132 valence electrons. The lowest BCUT2D eigenvalue weighted by molar-refractivity contribution is -0.162. The van der Waals surface area contributed by atoms with Crippen LogP contribution in [0.25, 0.3) is 0 Å². The van der Waals surface area contributed by atoms with Gasteiger partial charge in [-0.05, 0) is 32.6 Å². The first-order valence-electron chi connectivity index (χ1n) is 8.74. The molecule has 5 nitrogen and oxygen atoms in total. The van der Waals surface area contributed by atoms with Crippen LogP contribution in [0.5, 0.6) is 0 Å². The Kier molecular flexibility index (Phi) is 7.06. The Morgan fingerprint density at radius 1 is 1.35 bits per heavy atom. The number of rotatable bonds is 3. The van der Waals surface area contributed by atoms with Crippen molar-refractivity contribution in [3.05, 3.63) is 11.6 Å². The first-order valence-corrected chi connectivity index (χ1v) is 8.74. The smallest absolute Gasteiger partial charge is 0.308 e. The van der Waals surface area contributed by atoms with E-state index in [2.05, 4.69) is 19.9 Å². The number of aliphatic hydroxyl groups is 1. The normalized spacial score (nSPS) is 38.7. The highest BCUT2D eigenvalue weighted by Gasteiger charge is 2.32. The fourth-order valence-electron chi connectivity index (χ4n) is 3.46. The Hall–Kier alpha value is -0.910. The maximum absolute atomic E-state index is 12.2. The third kappa shape index (κ3) is 5.59. The van der Waals surface area contributed by atoms with Crippen molar-refractivity contribution in [1.29, 1.82) is 0 Å². The molecule has 2 aliphatic heterocycles. The molecule has 0 saturated carbocycles. The van der Waals surface area contributed by atoms with Crippen molar-refractivity contribution >= 4 is 5.97 Å². The Morgan fingerprint density at radius 3 is 2.83 bits per heavy atom. The second-order valence-electron chi connectivity index (χ2n) is 6.77. The zero-order chi connectivity index (χ0) is 16.8. The lowest BCUT2D eigenvalue weighted by Crippen LogP contribution is -2.40. The molecule has 0 spiro atoms. The highest BCUT2D eigenvalue weighted by atomic mass is 16.6. The Balaban J connectivity index is 2.17. The highest BCUT2D eigenvalue weighted by Crippen LogP contribution is 2.27. The first kappa shape index (κ1) is 18.4. The van der Waals surface area contributed by atoms with Crippen LogP contribution in [-0.2, 0) is 19.0 Å². The van der Waals surface area contributed by atoms with Gasteiger partial charge in [0, 0.05) is 13.5 Å². The van der Waals surface area contributed by atoms with E-state index in [4.69, 9.17) is 14.2 Å². The fraction of sp³-hybridized carbons (Fsp3) is 0.833. The summed E-state index contributed by atoms with van der Waals surface area (Å²) in [7, 11) is 1.71. The van der Waals surface area contributed by atoms with Crippen LogP contribution in [0, 0.1) is 0 Å². The van der Waals surface area contributed by atoms with Gasteiger partial charge < -0.3 is 19.3 Å². The predicted octanol–water partition coefficient (Wildman–Crippen LogP) is 2.75. The van der Waals surface area contributed by atoms with Gasteiger partial charge in [-0.3, -0.25) is 4.79 Å². The topological polar surface area (TPSA) is 65.0 Å². The monoisotopic (exact) mass is 326 g/mol. The number of fused-ring (bicyclic) bond motifs is 2. The molecule has 0 aromatic heterocycles. The average Bonchev–Trinajstić information content (AvgIpc) is 2.49. The van der Waals surface area contributed by atoms with Gasteiger partial charge in [-0.1, -0.05) is 25.0 Å². The number of aliphatic hydroxyl groups excluding tert-OH is 1. The van der Waals surface area contributed by atoms with Gasteiger partial charge in [0.2, 0.25) is 0 Å². The summed E-state index contributed by atoms with van der Waals surface area (Å²) < 4.78 is 17.1. The van der Waals surface area contributed by atoms with E-state index in [0.717, 1.165) is 25.7 Å². The van der Waals surface area contributed by atoms with Crippen molar-refractivity contribution in [1.82, 2.24) is 0 Å². The summed E-state index contributed by atoms with van der Waals surface area (Å²) in [5.41, 5.74) is 1.22. The van der Waals surface area contributed by atoms with E-state index in [9.17, 15) is 9.90 Å². The van der Waals surface area contributed by atoms with E-state index < -0.39 is 12.2 Å². The zero-order valence-corrected chi connectivity index (χ0v) is 14.5.